The van der Waals surface area contributed by atoms with Gasteiger partial charge in [0.1, 0.15) is 6.04 Å². The second-order valence-electron chi connectivity index (χ2n) is 5.60. The molecule has 2 rings (SSSR count). The quantitative estimate of drug-likeness (QED) is 0.679. The molecule has 1 aliphatic rings. The van der Waals surface area contributed by atoms with Gasteiger partial charge < -0.3 is 10.0 Å². The third kappa shape index (κ3) is 5.20. The van der Waals surface area contributed by atoms with Crippen LogP contribution in [0.25, 0.3) is 0 Å². The van der Waals surface area contributed by atoms with Crippen LogP contribution < -0.4 is 0 Å². The molecule has 1 heterocycles. The Hall–Kier alpha value is -1.09. The highest BCUT2D eigenvalue weighted by molar-refractivity contribution is 14.1. The standard InChI is InChI=1S/C16H18INO4S/c1-10(19)23-9-12-7-15(20)18(8-12)14(16(21)22)6-11-2-4-13(17)5-3-11/h2-5,12,14H,6-9H2,1H3,(H,21,22)/t12?,14-/m0/s1. The Kier molecular flexibility index (Phi) is 6.46. The van der Waals surface area contributed by atoms with Crippen LogP contribution in [0.5, 0.6) is 0 Å². The fourth-order valence-corrected chi connectivity index (χ4v) is 3.68. The minimum atomic E-state index is -0.989. The lowest BCUT2D eigenvalue weighted by molar-refractivity contribution is -0.148. The molecule has 1 aromatic rings. The van der Waals surface area contributed by atoms with Crippen LogP contribution in [0.15, 0.2) is 24.3 Å². The van der Waals surface area contributed by atoms with E-state index in [0.29, 0.717) is 25.1 Å². The van der Waals surface area contributed by atoms with Gasteiger partial charge in [0.15, 0.2) is 5.12 Å². The summed E-state index contributed by atoms with van der Waals surface area (Å²) in [5.41, 5.74) is 0.896. The molecule has 23 heavy (non-hydrogen) atoms. The van der Waals surface area contributed by atoms with Gasteiger partial charge in [-0.2, -0.15) is 0 Å². The molecule has 2 atom stereocenters. The first-order valence-electron chi connectivity index (χ1n) is 7.27. The van der Waals surface area contributed by atoms with Gasteiger partial charge in [-0.1, -0.05) is 23.9 Å². The van der Waals surface area contributed by atoms with Gasteiger partial charge in [-0.3, -0.25) is 9.59 Å². The van der Waals surface area contributed by atoms with Crippen molar-refractivity contribution < 1.29 is 19.5 Å². The van der Waals surface area contributed by atoms with Gasteiger partial charge in [0.2, 0.25) is 5.91 Å². The minimum absolute atomic E-state index is 0.0181. The number of hydrogen-bond acceptors (Lipinski definition) is 4. The highest BCUT2D eigenvalue weighted by atomic mass is 127. The first kappa shape index (κ1) is 18.3. The lowest BCUT2D eigenvalue weighted by atomic mass is 10.0. The van der Waals surface area contributed by atoms with Gasteiger partial charge in [-0.25, -0.2) is 4.79 Å². The zero-order chi connectivity index (χ0) is 17.0. The highest BCUT2D eigenvalue weighted by Gasteiger charge is 2.37. The summed E-state index contributed by atoms with van der Waals surface area (Å²) in [6.07, 6.45) is 0.612. The van der Waals surface area contributed by atoms with Crippen LogP contribution in [0.1, 0.15) is 18.9 Å². The summed E-state index contributed by atoms with van der Waals surface area (Å²) in [7, 11) is 0. The Morgan fingerprint density at radius 2 is 2.04 bits per heavy atom. The molecule has 1 unspecified atom stereocenters. The number of likely N-dealkylation sites (tertiary alicyclic amines) is 1. The zero-order valence-electron chi connectivity index (χ0n) is 12.7. The van der Waals surface area contributed by atoms with Crippen LogP contribution in [-0.2, 0) is 20.8 Å². The molecule has 1 N–H and O–H groups in total. The fourth-order valence-electron chi connectivity index (χ4n) is 2.63. The molecule has 0 spiro atoms. The van der Waals surface area contributed by atoms with E-state index in [4.69, 9.17) is 0 Å². The number of carboxylic acids is 1. The number of carbonyl (C=O) groups is 3. The second-order valence-corrected chi connectivity index (χ2v) is 8.05. The van der Waals surface area contributed by atoms with Crippen molar-refractivity contribution in [3.05, 3.63) is 33.4 Å². The van der Waals surface area contributed by atoms with Crippen molar-refractivity contribution in [2.45, 2.75) is 25.8 Å². The fraction of sp³-hybridized carbons (Fsp3) is 0.438. The molecule has 0 aliphatic carbocycles. The maximum absolute atomic E-state index is 12.2. The number of aliphatic carboxylic acids is 1. The number of benzene rings is 1. The predicted octanol–water partition coefficient (Wildman–Crippen LogP) is 2.42. The van der Waals surface area contributed by atoms with Crippen LogP contribution in [-0.4, -0.2) is 45.3 Å². The molecule has 5 nitrogen and oxygen atoms in total. The van der Waals surface area contributed by atoms with Gasteiger partial charge >= 0.3 is 5.97 Å². The maximum Gasteiger partial charge on any atom is 0.326 e. The Balaban J connectivity index is 2.05. The number of nitrogens with zero attached hydrogens (tertiary/aromatic N) is 1. The zero-order valence-corrected chi connectivity index (χ0v) is 15.7. The van der Waals surface area contributed by atoms with Crippen LogP contribution in [0.2, 0.25) is 0 Å². The van der Waals surface area contributed by atoms with E-state index in [9.17, 15) is 19.5 Å². The monoisotopic (exact) mass is 447 g/mol. The summed E-state index contributed by atoms with van der Waals surface area (Å²) in [5.74, 6) is -0.531. The van der Waals surface area contributed by atoms with Crippen LogP contribution in [0, 0.1) is 9.49 Å². The number of carboxylic acid groups (broad SMARTS) is 1. The molecule has 0 aromatic heterocycles. The van der Waals surface area contributed by atoms with Gasteiger partial charge in [0, 0.05) is 35.6 Å². The number of amides is 1. The molecule has 7 heteroatoms. The van der Waals surface area contributed by atoms with Crippen molar-refractivity contribution in [2.24, 2.45) is 5.92 Å². The van der Waals surface area contributed by atoms with E-state index in [1.54, 1.807) is 0 Å². The third-order valence-corrected chi connectivity index (χ3v) is 5.53. The second kappa shape index (κ2) is 8.14. The number of hydrogen-bond donors (Lipinski definition) is 1. The van der Waals surface area contributed by atoms with Crippen molar-refractivity contribution in [3.8, 4) is 0 Å². The lowest BCUT2D eigenvalue weighted by Gasteiger charge is -2.25. The van der Waals surface area contributed by atoms with Crippen molar-refractivity contribution in [2.75, 3.05) is 12.3 Å². The number of thioether (sulfide) groups is 1. The Morgan fingerprint density at radius 1 is 1.39 bits per heavy atom. The number of halogens is 1. The van der Waals surface area contributed by atoms with E-state index in [1.165, 1.54) is 23.6 Å². The lowest BCUT2D eigenvalue weighted by Crippen LogP contribution is -2.43. The van der Waals surface area contributed by atoms with Gasteiger partial charge in [-0.05, 0) is 46.2 Å². The van der Waals surface area contributed by atoms with Gasteiger partial charge in [0.05, 0.1) is 0 Å². The van der Waals surface area contributed by atoms with Crippen molar-refractivity contribution >= 4 is 51.3 Å². The first-order valence-corrected chi connectivity index (χ1v) is 9.33. The summed E-state index contributed by atoms with van der Waals surface area (Å²) in [6, 6.07) is 6.78. The summed E-state index contributed by atoms with van der Waals surface area (Å²) >= 11 is 3.38. The maximum atomic E-state index is 12.2. The van der Waals surface area contributed by atoms with Gasteiger partial charge in [-0.15, -0.1) is 0 Å². The molecular formula is C16H18INO4S. The van der Waals surface area contributed by atoms with Crippen molar-refractivity contribution in [1.82, 2.24) is 4.90 Å². The van der Waals surface area contributed by atoms with E-state index in [-0.39, 0.29) is 16.9 Å². The minimum Gasteiger partial charge on any atom is -0.480 e. The van der Waals surface area contributed by atoms with Crippen LogP contribution in [0.4, 0.5) is 0 Å². The topological polar surface area (TPSA) is 74.7 Å². The number of rotatable bonds is 6. The summed E-state index contributed by atoms with van der Waals surface area (Å²) < 4.78 is 1.08. The van der Waals surface area contributed by atoms with Crippen LogP contribution in [0.3, 0.4) is 0 Å². The average Bonchev–Trinajstić information content (AvgIpc) is 2.85. The predicted molar refractivity (Wildman–Crippen MR) is 97.2 cm³/mol. The molecular weight excluding hydrogens is 429 g/mol. The molecule has 1 saturated heterocycles. The SMILES string of the molecule is CC(=O)SCC1CC(=O)N([C@@H](Cc2ccc(I)cc2)C(=O)O)C1. The van der Waals surface area contributed by atoms with E-state index in [2.05, 4.69) is 22.6 Å². The molecule has 1 aliphatic heterocycles. The molecule has 0 radical (unpaired) electrons. The van der Waals surface area contributed by atoms with Crippen molar-refractivity contribution in [3.63, 3.8) is 0 Å². The molecule has 1 fully saturated rings. The summed E-state index contributed by atoms with van der Waals surface area (Å²) in [6.45, 7) is 1.90. The summed E-state index contributed by atoms with van der Waals surface area (Å²) in [4.78, 5) is 36.3. The van der Waals surface area contributed by atoms with E-state index < -0.39 is 12.0 Å². The van der Waals surface area contributed by atoms with E-state index in [1.807, 2.05) is 24.3 Å². The average molecular weight is 447 g/mol. The smallest absolute Gasteiger partial charge is 0.326 e. The van der Waals surface area contributed by atoms with Gasteiger partial charge in [0.25, 0.3) is 0 Å². The van der Waals surface area contributed by atoms with Crippen molar-refractivity contribution in [1.29, 1.82) is 0 Å². The van der Waals surface area contributed by atoms with E-state index in [0.717, 1.165) is 9.13 Å². The molecule has 0 saturated carbocycles. The summed E-state index contributed by atoms with van der Waals surface area (Å²) in [5, 5.41) is 9.54. The molecule has 1 aromatic carbocycles. The Bertz CT molecular complexity index is 605. The largest absolute Gasteiger partial charge is 0.480 e. The third-order valence-electron chi connectivity index (χ3n) is 3.76. The Labute approximate surface area is 152 Å². The van der Waals surface area contributed by atoms with E-state index >= 15 is 0 Å². The molecule has 124 valence electrons. The van der Waals surface area contributed by atoms with Crippen LogP contribution >= 0.6 is 34.4 Å². The molecule has 0 bridgehead atoms. The first-order chi connectivity index (χ1) is 10.9. The normalized spacial score (nSPS) is 19.0. The Morgan fingerprint density at radius 3 is 2.61 bits per heavy atom. The highest BCUT2D eigenvalue weighted by Crippen LogP contribution is 2.25. The molecule has 1 amide bonds. The number of carbonyl (C=O) groups excluding carboxylic acids is 2.